The Kier molecular flexibility index (Phi) is 6.35. The molecule has 5 aromatic rings. The van der Waals surface area contributed by atoms with Crippen molar-refractivity contribution >= 4 is 54.0 Å². The summed E-state index contributed by atoms with van der Waals surface area (Å²) in [6, 6.07) is 15.8. The molecule has 4 N–H and O–H groups in total. The lowest BCUT2D eigenvalue weighted by molar-refractivity contribution is 0.0680. The fourth-order valence-corrected chi connectivity index (χ4v) is 5.24. The molecule has 0 saturated heterocycles. The van der Waals surface area contributed by atoms with E-state index >= 15 is 0 Å². The van der Waals surface area contributed by atoms with E-state index in [0.29, 0.717) is 33.0 Å². The Morgan fingerprint density at radius 2 is 0.875 bits per heavy atom. The van der Waals surface area contributed by atoms with Crippen LogP contribution in [0.4, 0.5) is 0 Å². The predicted octanol–water partition coefficient (Wildman–Crippen LogP) is 4.01. The first-order valence-corrected chi connectivity index (χ1v) is 14.0. The van der Waals surface area contributed by atoms with Crippen molar-refractivity contribution in [1.82, 2.24) is 9.97 Å². The molecule has 0 spiro atoms. The Hall–Kier alpha value is -4.76. The fraction of sp³-hybridized carbons (Fsp3) is 0. The van der Waals surface area contributed by atoms with Gasteiger partial charge in [0, 0.05) is 10.8 Å². The van der Waals surface area contributed by atoms with Gasteiger partial charge >= 0.3 is 11.9 Å². The molecule has 0 radical (unpaired) electrons. The van der Waals surface area contributed by atoms with E-state index in [1.165, 1.54) is 36.4 Å². The maximum Gasteiger partial charge on any atom is 0.354 e. The maximum absolute atomic E-state index is 12.0. The quantitative estimate of drug-likeness (QED) is 0.166. The lowest BCUT2D eigenvalue weighted by atomic mass is 9.95. The van der Waals surface area contributed by atoms with Crippen LogP contribution in [-0.4, -0.2) is 58.1 Å². The summed E-state index contributed by atoms with van der Waals surface area (Å²) < 4.78 is 64.4. The van der Waals surface area contributed by atoms with Crippen molar-refractivity contribution in [3.63, 3.8) is 0 Å². The minimum atomic E-state index is -4.47. The highest BCUT2D eigenvalue weighted by Crippen LogP contribution is 2.37. The number of hydrogen-bond donors (Lipinski definition) is 4. The summed E-state index contributed by atoms with van der Waals surface area (Å²) in [5, 5.41) is 20.2. The summed E-state index contributed by atoms with van der Waals surface area (Å²) in [4.78, 5) is 31.7. The van der Waals surface area contributed by atoms with E-state index < -0.39 is 43.6 Å². The Labute approximate surface area is 225 Å². The first kappa shape index (κ1) is 26.8. The van der Waals surface area contributed by atoms with Gasteiger partial charge in [-0.05, 0) is 58.7 Å². The summed E-state index contributed by atoms with van der Waals surface area (Å²) >= 11 is 0. The van der Waals surface area contributed by atoms with Crippen molar-refractivity contribution in [2.45, 2.75) is 9.79 Å². The third-order valence-corrected chi connectivity index (χ3v) is 7.86. The molecule has 14 heteroatoms. The van der Waals surface area contributed by atoms with Crippen LogP contribution in [0.1, 0.15) is 21.0 Å². The number of carbonyl (C=O) groups is 2. The van der Waals surface area contributed by atoms with Crippen molar-refractivity contribution in [1.29, 1.82) is 0 Å². The highest BCUT2D eigenvalue weighted by molar-refractivity contribution is 7.86. The normalized spacial score (nSPS) is 12.1. The van der Waals surface area contributed by atoms with Gasteiger partial charge in [0.05, 0.1) is 20.8 Å². The fourth-order valence-electron chi connectivity index (χ4n) is 4.28. The second-order valence-electron chi connectivity index (χ2n) is 8.58. The van der Waals surface area contributed by atoms with Gasteiger partial charge < -0.3 is 10.2 Å². The van der Waals surface area contributed by atoms with Crippen LogP contribution in [0, 0.1) is 0 Å². The minimum absolute atomic E-state index is 0.0464. The molecule has 2 aromatic heterocycles. The van der Waals surface area contributed by atoms with E-state index in [0.717, 1.165) is 24.3 Å². The lowest BCUT2D eigenvalue weighted by Crippen LogP contribution is -2.05. The van der Waals surface area contributed by atoms with Gasteiger partial charge in [0.2, 0.25) is 0 Å². The number of benzene rings is 3. The van der Waals surface area contributed by atoms with Gasteiger partial charge in [0.15, 0.2) is 0 Å². The lowest BCUT2D eigenvalue weighted by Gasteiger charge is -2.14. The Morgan fingerprint density at radius 1 is 0.550 bits per heavy atom. The molecule has 12 nitrogen and oxygen atoms in total. The smallest absolute Gasteiger partial charge is 0.354 e. The van der Waals surface area contributed by atoms with Gasteiger partial charge in [-0.1, -0.05) is 36.4 Å². The number of carboxylic acid groups (broad SMARTS) is 2. The van der Waals surface area contributed by atoms with Crippen molar-refractivity contribution < 1.29 is 45.7 Å². The summed E-state index contributed by atoms with van der Waals surface area (Å²) in [7, 11) is -8.94. The number of rotatable bonds is 6. The molecule has 0 bridgehead atoms. The maximum atomic E-state index is 12.0. The standard InChI is InChI=1S/C26H16N2O10S2/c29-25(30)21-11-19(13-1-5-15(6-2-13)39(33,34)35)17-9-10-18-20(14-3-7-16(8-4-14)40(36,37)38)12-22(26(31)32)28-24(18)23(17)27-21/h1-12H,(H,29,30)(H,31,32)(H,33,34,35)(H,36,37,38). The van der Waals surface area contributed by atoms with Gasteiger partial charge in [-0.25, -0.2) is 19.6 Å². The first-order chi connectivity index (χ1) is 18.7. The molecule has 0 fully saturated rings. The van der Waals surface area contributed by atoms with Crippen molar-refractivity contribution in [3.8, 4) is 22.3 Å². The Morgan fingerprint density at radius 3 is 1.15 bits per heavy atom. The van der Waals surface area contributed by atoms with E-state index in [4.69, 9.17) is 0 Å². The molecule has 0 unspecified atom stereocenters. The summed E-state index contributed by atoms with van der Waals surface area (Å²) in [5.74, 6) is -2.77. The zero-order valence-electron chi connectivity index (χ0n) is 19.9. The van der Waals surface area contributed by atoms with Crippen LogP contribution in [0.2, 0.25) is 0 Å². The van der Waals surface area contributed by atoms with E-state index in [-0.39, 0.29) is 20.8 Å². The molecule has 0 aliphatic rings. The highest BCUT2D eigenvalue weighted by Gasteiger charge is 2.20. The van der Waals surface area contributed by atoms with Crippen molar-refractivity contribution in [2.24, 2.45) is 0 Å². The number of nitrogens with zero attached hydrogens (tertiary/aromatic N) is 2. The van der Waals surface area contributed by atoms with E-state index in [1.807, 2.05) is 0 Å². The number of pyridine rings is 2. The third kappa shape index (κ3) is 4.87. The average molecular weight is 581 g/mol. The van der Waals surface area contributed by atoms with Gasteiger partial charge in [-0.2, -0.15) is 16.8 Å². The van der Waals surface area contributed by atoms with Crippen LogP contribution < -0.4 is 0 Å². The monoisotopic (exact) mass is 580 g/mol. The van der Waals surface area contributed by atoms with E-state index in [2.05, 4.69) is 9.97 Å². The van der Waals surface area contributed by atoms with Crippen LogP contribution in [0.3, 0.4) is 0 Å². The van der Waals surface area contributed by atoms with Gasteiger partial charge in [-0.3, -0.25) is 9.11 Å². The molecule has 202 valence electrons. The van der Waals surface area contributed by atoms with Gasteiger partial charge in [-0.15, -0.1) is 0 Å². The summed E-state index contributed by atoms with van der Waals surface area (Å²) in [6.07, 6.45) is 0. The van der Waals surface area contributed by atoms with E-state index in [9.17, 15) is 45.7 Å². The molecule has 40 heavy (non-hydrogen) atoms. The Balaban J connectivity index is 1.84. The van der Waals surface area contributed by atoms with Crippen LogP contribution in [0.15, 0.2) is 82.6 Å². The van der Waals surface area contributed by atoms with Gasteiger partial charge in [0.25, 0.3) is 20.2 Å². The number of carboxylic acids is 2. The summed E-state index contributed by atoms with van der Waals surface area (Å²) in [6.45, 7) is 0. The summed E-state index contributed by atoms with van der Waals surface area (Å²) in [5.41, 5.74) is 0.732. The molecular formula is C26H16N2O10S2. The van der Waals surface area contributed by atoms with Crippen LogP contribution in [0.5, 0.6) is 0 Å². The second kappa shape index (κ2) is 9.46. The molecule has 0 saturated carbocycles. The molecule has 2 heterocycles. The van der Waals surface area contributed by atoms with Crippen LogP contribution >= 0.6 is 0 Å². The predicted molar refractivity (Wildman–Crippen MR) is 141 cm³/mol. The average Bonchev–Trinajstić information content (AvgIpc) is 2.90. The zero-order valence-corrected chi connectivity index (χ0v) is 21.5. The first-order valence-electron chi connectivity index (χ1n) is 11.1. The van der Waals surface area contributed by atoms with Crippen LogP contribution in [-0.2, 0) is 20.2 Å². The number of fused-ring (bicyclic) bond motifs is 3. The number of aromatic nitrogens is 2. The zero-order chi connectivity index (χ0) is 29.0. The van der Waals surface area contributed by atoms with Crippen LogP contribution in [0.25, 0.3) is 44.1 Å². The number of aromatic carboxylic acids is 2. The molecule has 0 aliphatic carbocycles. The number of hydrogen-bond acceptors (Lipinski definition) is 8. The largest absolute Gasteiger partial charge is 0.477 e. The molecule has 0 aliphatic heterocycles. The van der Waals surface area contributed by atoms with Crippen molar-refractivity contribution in [3.05, 3.63) is 84.2 Å². The second-order valence-corrected chi connectivity index (χ2v) is 11.4. The van der Waals surface area contributed by atoms with Gasteiger partial charge in [0.1, 0.15) is 11.4 Å². The molecule has 0 amide bonds. The SMILES string of the molecule is O=C(O)c1cc(-c2ccc(S(=O)(=O)O)cc2)c2ccc3c(-c4ccc(S(=O)(=O)O)cc4)cc(C(=O)O)nc3c2n1. The molecule has 5 rings (SSSR count). The molecular weight excluding hydrogens is 564 g/mol. The molecule has 0 atom stereocenters. The molecule has 3 aromatic carbocycles. The minimum Gasteiger partial charge on any atom is -0.477 e. The third-order valence-electron chi connectivity index (χ3n) is 6.12. The van der Waals surface area contributed by atoms with E-state index in [1.54, 1.807) is 12.1 Å². The van der Waals surface area contributed by atoms with Crippen molar-refractivity contribution in [2.75, 3.05) is 0 Å². The highest BCUT2D eigenvalue weighted by atomic mass is 32.2. The topological polar surface area (TPSA) is 209 Å². The Bertz CT molecular complexity index is 1940.